The molecule has 31 heavy (non-hydrogen) atoms. The molecule has 0 saturated carbocycles. The Morgan fingerprint density at radius 3 is 2.39 bits per heavy atom. The third-order valence-electron chi connectivity index (χ3n) is 4.91. The van der Waals surface area contributed by atoms with Crippen molar-refractivity contribution in [3.05, 3.63) is 76.2 Å². The van der Waals surface area contributed by atoms with Gasteiger partial charge in [-0.05, 0) is 56.7 Å². The Morgan fingerprint density at radius 2 is 1.77 bits per heavy atom. The molecule has 0 fully saturated rings. The fourth-order valence-electron chi connectivity index (χ4n) is 3.05. The van der Waals surface area contributed by atoms with Crippen molar-refractivity contribution < 1.29 is 28.3 Å². The van der Waals surface area contributed by atoms with Gasteiger partial charge in [0.25, 0.3) is 0 Å². The van der Waals surface area contributed by atoms with Gasteiger partial charge in [-0.2, -0.15) is 0 Å². The minimum atomic E-state index is -0.375. The Morgan fingerprint density at radius 1 is 1.03 bits per heavy atom. The molecule has 0 bridgehead atoms. The van der Waals surface area contributed by atoms with E-state index in [-0.39, 0.29) is 24.8 Å². The highest BCUT2D eigenvalue weighted by Gasteiger charge is 2.12. The molecule has 162 valence electrons. The number of nitrogens with zero attached hydrogens (tertiary/aromatic N) is 1. The number of Topliss-reactive ketones (excluding diaryl/α,β-unsaturated/α-hetero) is 1. The van der Waals surface area contributed by atoms with Crippen molar-refractivity contribution in [2.75, 3.05) is 7.11 Å². The molecule has 0 saturated heterocycles. The van der Waals surface area contributed by atoms with Crippen molar-refractivity contribution in [2.24, 2.45) is 0 Å². The second kappa shape index (κ2) is 9.93. The average molecular weight is 423 g/mol. The molecule has 0 aliphatic rings. The highest BCUT2D eigenvalue weighted by atomic mass is 16.5. The Kier molecular flexibility index (Phi) is 7.07. The lowest BCUT2D eigenvalue weighted by atomic mass is 10.1. The fourth-order valence-corrected chi connectivity index (χ4v) is 3.05. The molecule has 3 aromatic rings. The average Bonchev–Trinajstić information content (AvgIpc) is 3.08. The van der Waals surface area contributed by atoms with E-state index in [9.17, 15) is 9.59 Å². The predicted molar refractivity (Wildman–Crippen MR) is 113 cm³/mol. The third kappa shape index (κ3) is 5.72. The molecule has 0 aliphatic carbocycles. The molecular formula is C24H25NO6. The molecule has 0 spiro atoms. The van der Waals surface area contributed by atoms with Gasteiger partial charge in [0.15, 0.2) is 5.78 Å². The van der Waals surface area contributed by atoms with Crippen LogP contribution in [0, 0.1) is 13.8 Å². The number of ketones is 1. The van der Waals surface area contributed by atoms with Gasteiger partial charge in [0.1, 0.15) is 30.5 Å². The van der Waals surface area contributed by atoms with Crippen molar-refractivity contribution in [1.29, 1.82) is 0 Å². The summed E-state index contributed by atoms with van der Waals surface area (Å²) in [6.07, 6.45) is 0.124. The summed E-state index contributed by atoms with van der Waals surface area (Å²) in [6.45, 7) is 5.60. The van der Waals surface area contributed by atoms with Crippen molar-refractivity contribution >= 4 is 11.8 Å². The van der Waals surface area contributed by atoms with Gasteiger partial charge >= 0.3 is 5.97 Å². The lowest BCUT2D eigenvalue weighted by Gasteiger charge is -2.11. The first-order valence-electron chi connectivity index (χ1n) is 9.84. The van der Waals surface area contributed by atoms with Crippen LogP contribution in [0.1, 0.15) is 45.4 Å². The fraction of sp³-hybridized carbons (Fsp3) is 0.292. The molecule has 1 aromatic heterocycles. The summed E-state index contributed by atoms with van der Waals surface area (Å²) in [6, 6.07) is 12.3. The number of hydrogen-bond acceptors (Lipinski definition) is 7. The number of aryl methyl sites for hydroxylation is 2. The molecule has 3 rings (SSSR count). The smallest absolute Gasteiger partial charge is 0.310 e. The molecular weight excluding hydrogens is 398 g/mol. The van der Waals surface area contributed by atoms with Crippen LogP contribution in [-0.4, -0.2) is 24.0 Å². The maximum Gasteiger partial charge on any atom is 0.310 e. The van der Waals surface area contributed by atoms with Crippen LogP contribution in [0.15, 0.2) is 47.0 Å². The van der Waals surface area contributed by atoms with Gasteiger partial charge in [-0.1, -0.05) is 17.3 Å². The summed E-state index contributed by atoms with van der Waals surface area (Å²) >= 11 is 0. The van der Waals surface area contributed by atoms with E-state index in [0.29, 0.717) is 29.2 Å². The zero-order valence-electron chi connectivity index (χ0n) is 18.1. The number of hydrogen-bond donors (Lipinski definition) is 0. The van der Waals surface area contributed by atoms with Crippen LogP contribution in [0.2, 0.25) is 0 Å². The van der Waals surface area contributed by atoms with Gasteiger partial charge in [0.2, 0.25) is 0 Å². The molecule has 2 aromatic carbocycles. The molecule has 0 N–H and O–H groups in total. The Hall–Kier alpha value is -3.61. The van der Waals surface area contributed by atoms with E-state index in [4.69, 9.17) is 18.7 Å². The Labute approximate surface area is 180 Å². The van der Waals surface area contributed by atoms with Crippen LogP contribution in [0.4, 0.5) is 0 Å². The van der Waals surface area contributed by atoms with E-state index in [1.165, 1.54) is 14.0 Å². The molecule has 0 radical (unpaired) electrons. The van der Waals surface area contributed by atoms with Crippen molar-refractivity contribution in [2.45, 2.75) is 40.4 Å². The third-order valence-corrected chi connectivity index (χ3v) is 4.91. The normalized spacial score (nSPS) is 10.6. The number of aromatic nitrogens is 1. The summed E-state index contributed by atoms with van der Waals surface area (Å²) in [7, 11) is 1.53. The van der Waals surface area contributed by atoms with Gasteiger partial charge < -0.3 is 18.7 Å². The molecule has 0 aliphatic heterocycles. The SMILES string of the molecule is COc1ccc(C(C)=O)cc1COC(=O)Cc1ccc(OCc2c(C)noc2C)cc1. The summed E-state index contributed by atoms with van der Waals surface area (Å²) in [4.78, 5) is 23.9. The molecule has 0 atom stereocenters. The lowest BCUT2D eigenvalue weighted by molar-refractivity contribution is -0.144. The molecule has 7 heteroatoms. The van der Waals surface area contributed by atoms with E-state index in [1.807, 2.05) is 26.0 Å². The number of benzene rings is 2. The second-order valence-electron chi connectivity index (χ2n) is 7.16. The van der Waals surface area contributed by atoms with Crippen LogP contribution >= 0.6 is 0 Å². The van der Waals surface area contributed by atoms with Crippen molar-refractivity contribution in [3.63, 3.8) is 0 Å². The topological polar surface area (TPSA) is 87.9 Å². The van der Waals surface area contributed by atoms with Gasteiger partial charge in [-0.15, -0.1) is 0 Å². The van der Waals surface area contributed by atoms with Crippen LogP contribution in [-0.2, 0) is 29.2 Å². The highest BCUT2D eigenvalue weighted by Crippen LogP contribution is 2.22. The summed E-state index contributed by atoms with van der Waals surface area (Å²) in [5.41, 5.74) is 3.73. The van der Waals surface area contributed by atoms with Crippen LogP contribution in [0.3, 0.4) is 0 Å². The van der Waals surface area contributed by atoms with E-state index < -0.39 is 0 Å². The number of carbonyl (C=O) groups excluding carboxylic acids is 2. The van der Waals surface area contributed by atoms with Crippen LogP contribution in [0.25, 0.3) is 0 Å². The van der Waals surface area contributed by atoms with Gasteiger partial charge in [0, 0.05) is 11.1 Å². The first kappa shape index (κ1) is 22.1. The van der Waals surface area contributed by atoms with Crippen LogP contribution < -0.4 is 9.47 Å². The van der Waals surface area contributed by atoms with Crippen molar-refractivity contribution in [3.8, 4) is 11.5 Å². The number of esters is 1. The Balaban J connectivity index is 1.54. The van der Waals surface area contributed by atoms with Gasteiger partial charge in [-0.3, -0.25) is 9.59 Å². The van der Waals surface area contributed by atoms with Crippen molar-refractivity contribution in [1.82, 2.24) is 5.16 Å². The summed E-state index contributed by atoms with van der Waals surface area (Å²) in [5.74, 6) is 1.55. The minimum Gasteiger partial charge on any atom is -0.496 e. The summed E-state index contributed by atoms with van der Waals surface area (Å²) in [5, 5.41) is 3.91. The molecule has 0 unspecified atom stereocenters. The molecule has 0 amide bonds. The van der Waals surface area contributed by atoms with E-state index in [1.54, 1.807) is 30.3 Å². The lowest BCUT2D eigenvalue weighted by Crippen LogP contribution is -2.09. The Bertz CT molecular complexity index is 1050. The highest BCUT2D eigenvalue weighted by molar-refractivity contribution is 5.94. The van der Waals surface area contributed by atoms with Gasteiger partial charge in [0.05, 0.1) is 24.8 Å². The van der Waals surface area contributed by atoms with E-state index in [0.717, 1.165) is 22.6 Å². The number of carbonyl (C=O) groups is 2. The minimum absolute atomic E-state index is 0.0295. The molecule has 1 heterocycles. The first-order valence-corrected chi connectivity index (χ1v) is 9.84. The number of methoxy groups -OCH3 is 1. The maximum atomic E-state index is 12.3. The van der Waals surface area contributed by atoms with Crippen LogP contribution in [0.5, 0.6) is 11.5 Å². The zero-order valence-corrected chi connectivity index (χ0v) is 18.1. The monoisotopic (exact) mass is 423 g/mol. The first-order chi connectivity index (χ1) is 14.9. The molecule has 7 nitrogen and oxygen atoms in total. The number of ether oxygens (including phenoxy) is 3. The number of rotatable bonds is 9. The predicted octanol–water partition coefficient (Wildman–Crippen LogP) is 4.37. The largest absolute Gasteiger partial charge is 0.496 e. The second-order valence-corrected chi connectivity index (χ2v) is 7.16. The van der Waals surface area contributed by atoms with Gasteiger partial charge in [-0.25, -0.2) is 0 Å². The summed E-state index contributed by atoms with van der Waals surface area (Å²) < 4.78 is 21.6. The zero-order chi connectivity index (χ0) is 22.4. The van der Waals surface area contributed by atoms with E-state index >= 15 is 0 Å². The standard InChI is InChI=1S/C24H25NO6/c1-15-22(17(3)31-25-15)14-29-21-8-5-18(6-9-21)11-24(27)30-13-20-12-19(16(2)26)7-10-23(20)28-4/h5-10,12H,11,13-14H2,1-4H3. The quantitative estimate of drug-likeness (QED) is 0.373. The van der Waals surface area contributed by atoms with E-state index in [2.05, 4.69) is 5.16 Å². The maximum absolute atomic E-state index is 12.3.